The van der Waals surface area contributed by atoms with Gasteiger partial charge in [0.2, 0.25) is 0 Å². The van der Waals surface area contributed by atoms with Gasteiger partial charge in [-0.1, -0.05) is 35.3 Å². The molecule has 1 saturated heterocycles. The zero-order valence-electron chi connectivity index (χ0n) is 16.0. The van der Waals surface area contributed by atoms with Crippen molar-refractivity contribution < 1.29 is 4.79 Å². The molecule has 0 bridgehead atoms. The van der Waals surface area contributed by atoms with E-state index < -0.39 is 0 Å². The lowest BCUT2D eigenvalue weighted by Crippen LogP contribution is -2.57. The summed E-state index contributed by atoms with van der Waals surface area (Å²) in [5.74, 6) is -0.00476. The van der Waals surface area contributed by atoms with Crippen LogP contribution < -0.4 is 0 Å². The normalized spacial score (nSPS) is 20.6. The number of hydrogen-bond acceptors (Lipinski definition) is 2. The maximum Gasteiger partial charge on any atom is 0.255 e. The van der Waals surface area contributed by atoms with Gasteiger partial charge in [-0.2, -0.15) is 0 Å². The molecule has 0 radical (unpaired) electrons. The molecule has 4 rings (SSSR count). The van der Waals surface area contributed by atoms with Crippen molar-refractivity contribution in [1.82, 2.24) is 14.8 Å². The van der Waals surface area contributed by atoms with Crippen LogP contribution in [0.4, 0.5) is 0 Å². The van der Waals surface area contributed by atoms with Crippen molar-refractivity contribution >= 4 is 40.0 Å². The maximum atomic E-state index is 13.2. The molecular weight excluding hydrogens is 393 g/mol. The standard InChI is InChI=1S/C22H23Cl2N3O/c1-14-12-27(15(2)11-26(14)13-16-4-3-5-18(23)8-16)22(28)19-9-17-6-7-25-21(17)10-20(19)24/h3-10,14-15,25H,11-13H2,1-2H3/t14-,15+/m0/s1. The zero-order chi connectivity index (χ0) is 19.8. The van der Waals surface area contributed by atoms with Crippen molar-refractivity contribution in [3.63, 3.8) is 0 Å². The number of carbonyl (C=O) groups excluding carboxylic acids is 1. The minimum Gasteiger partial charge on any atom is -0.361 e. The average Bonchev–Trinajstić information content (AvgIpc) is 3.10. The Morgan fingerprint density at radius 3 is 2.71 bits per heavy atom. The second-order valence-electron chi connectivity index (χ2n) is 7.61. The van der Waals surface area contributed by atoms with Crippen molar-refractivity contribution in [2.75, 3.05) is 13.1 Å². The van der Waals surface area contributed by atoms with E-state index >= 15 is 0 Å². The SMILES string of the molecule is C[C@@H]1CN(Cc2cccc(Cl)c2)[C@@H](C)CN1C(=O)c1cc2cc[nH]c2cc1Cl. The molecule has 1 aliphatic heterocycles. The van der Waals surface area contributed by atoms with Crippen LogP contribution in [0.5, 0.6) is 0 Å². The van der Waals surface area contributed by atoms with Crippen LogP contribution in [0, 0.1) is 0 Å². The molecule has 1 aromatic heterocycles. The number of hydrogen-bond donors (Lipinski definition) is 1. The molecule has 2 atom stereocenters. The third-order valence-electron chi connectivity index (χ3n) is 5.52. The van der Waals surface area contributed by atoms with Gasteiger partial charge in [-0.3, -0.25) is 9.69 Å². The first-order valence-corrected chi connectivity index (χ1v) is 10.2. The number of piperazine rings is 1. The minimum atomic E-state index is -0.00476. The van der Waals surface area contributed by atoms with E-state index in [-0.39, 0.29) is 18.0 Å². The van der Waals surface area contributed by atoms with Gasteiger partial charge in [-0.05, 0) is 49.7 Å². The van der Waals surface area contributed by atoms with Gasteiger partial charge in [-0.15, -0.1) is 0 Å². The number of halogens is 2. The fourth-order valence-corrected chi connectivity index (χ4v) is 4.42. The van der Waals surface area contributed by atoms with Crippen LogP contribution in [0.15, 0.2) is 48.7 Å². The molecule has 28 heavy (non-hydrogen) atoms. The number of H-pyrrole nitrogens is 1. The Labute approximate surface area is 175 Å². The van der Waals surface area contributed by atoms with E-state index in [0.29, 0.717) is 17.1 Å². The van der Waals surface area contributed by atoms with Crippen LogP contribution >= 0.6 is 23.2 Å². The molecule has 0 aliphatic carbocycles. The second-order valence-corrected chi connectivity index (χ2v) is 8.46. The van der Waals surface area contributed by atoms with E-state index in [0.717, 1.165) is 29.0 Å². The van der Waals surface area contributed by atoms with E-state index in [9.17, 15) is 4.79 Å². The molecule has 0 spiro atoms. The summed E-state index contributed by atoms with van der Waals surface area (Å²) in [6.07, 6.45) is 1.86. The zero-order valence-corrected chi connectivity index (χ0v) is 17.5. The Morgan fingerprint density at radius 2 is 1.93 bits per heavy atom. The quantitative estimate of drug-likeness (QED) is 0.637. The minimum absolute atomic E-state index is 0.00476. The molecule has 4 nitrogen and oxygen atoms in total. The molecular formula is C22H23Cl2N3O. The van der Waals surface area contributed by atoms with Gasteiger partial charge in [0.25, 0.3) is 5.91 Å². The molecule has 1 N–H and O–H groups in total. The van der Waals surface area contributed by atoms with Crippen molar-refractivity contribution in [3.8, 4) is 0 Å². The van der Waals surface area contributed by atoms with Gasteiger partial charge in [0, 0.05) is 53.8 Å². The molecule has 0 unspecified atom stereocenters. The van der Waals surface area contributed by atoms with E-state index in [1.165, 1.54) is 5.56 Å². The Hall–Kier alpha value is -2.01. The lowest BCUT2D eigenvalue weighted by atomic mass is 10.0. The highest BCUT2D eigenvalue weighted by atomic mass is 35.5. The Balaban J connectivity index is 1.52. The highest BCUT2D eigenvalue weighted by Crippen LogP contribution is 2.27. The van der Waals surface area contributed by atoms with Crippen molar-refractivity contribution in [3.05, 3.63) is 69.8 Å². The number of aromatic amines is 1. The third kappa shape index (κ3) is 3.77. The molecule has 1 amide bonds. The van der Waals surface area contributed by atoms with Crippen LogP contribution in [0.25, 0.3) is 10.9 Å². The molecule has 2 aromatic carbocycles. The summed E-state index contributed by atoms with van der Waals surface area (Å²) < 4.78 is 0. The van der Waals surface area contributed by atoms with Crippen LogP contribution in [0.2, 0.25) is 10.0 Å². The molecule has 146 valence electrons. The first-order valence-electron chi connectivity index (χ1n) is 9.48. The van der Waals surface area contributed by atoms with Crippen LogP contribution in [-0.2, 0) is 6.54 Å². The van der Waals surface area contributed by atoms with Crippen molar-refractivity contribution in [2.24, 2.45) is 0 Å². The van der Waals surface area contributed by atoms with E-state index in [1.54, 1.807) is 0 Å². The molecule has 1 aliphatic rings. The summed E-state index contributed by atoms with van der Waals surface area (Å²) in [5, 5.41) is 2.23. The Bertz CT molecular complexity index is 1020. The predicted octanol–water partition coefficient (Wildman–Crippen LogP) is 5.21. The number of amides is 1. The molecule has 1 fully saturated rings. The Kier molecular flexibility index (Phi) is 5.37. The lowest BCUT2D eigenvalue weighted by molar-refractivity contribution is 0.0291. The van der Waals surface area contributed by atoms with Gasteiger partial charge in [0.15, 0.2) is 0 Å². The molecule has 6 heteroatoms. The van der Waals surface area contributed by atoms with E-state index in [1.807, 2.05) is 47.5 Å². The van der Waals surface area contributed by atoms with Gasteiger partial charge in [-0.25, -0.2) is 0 Å². The van der Waals surface area contributed by atoms with Crippen LogP contribution in [-0.4, -0.2) is 45.9 Å². The number of nitrogens with one attached hydrogen (secondary N) is 1. The summed E-state index contributed by atoms with van der Waals surface area (Å²) in [4.78, 5) is 20.7. The smallest absolute Gasteiger partial charge is 0.255 e. The number of carbonyl (C=O) groups is 1. The highest BCUT2D eigenvalue weighted by molar-refractivity contribution is 6.34. The summed E-state index contributed by atoms with van der Waals surface area (Å²) >= 11 is 12.5. The first-order chi connectivity index (χ1) is 13.4. The lowest BCUT2D eigenvalue weighted by Gasteiger charge is -2.44. The first kappa shape index (κ1) is 19.3. The largest absolute Gasteiger partial charge is 0.361 e. The second kappa shape index (κ2) is 7.78. The molecule has 0 saturated carbocycles. The number of fused-ring (bicyclic) bond motifs is 1. The Morgan fingerprint density at radius 1 is 1.11 bits per heavy atom. The maximum absolute atomic E-state index is 13.2. The number of aromatic nitrogens is 1. The van der Waals surface area contributed by atoms with Crippen molar-refractivity contribution in [2.45, 2.75) is 32.5 Å². The molecule has 2 heterocycles. The van der Waals surface area contributed by atoms with E-state index in [2.05, 4.69) is 29.8 Å². The number of nitrogens with zero attached hydrogens (tertiary/aromatic N) is 2. The van der Waals surface area contributed by atoms with E-state index in [4.69, 9.17) is 23.2 Å². The van der Waals surface area contributed by atoms with Gasteiger partial charge < -0.3 is 9.88 Å². The molecule has 3 aromatic rings. The topological polar surface area (TPSA) is 39.3 Å². The summed E-state index contributed by atoms with van der Waals surface area (Å²) in [6.45, 7) is 6.56. The fraction of sp³-hybridized carbons (Fsp3) is 0.318. The number of benzene rings is 2. The van der Waals surface area contributed by atoms with Gasteiger partial charge >= 0.3 is 0 Å². The van der Waals surface area contributed by atoms with Crippen LogP contribution in [0.3, 0.4) is 0 Å². The third-order valence-corrected chi connectivity index (χ3v) is 6.07. The number of rotatable bonds is 3. The summed E-state index contributed by atoms with van der Waals surface area (Å²) in [5.41, 5.74) is 2.69. The monoisotopic (exact) mass is 415 g/mol. The average molecular weight is 416 g/mol. The fourth-order valence-electron chi connectivity index (χ4n) is 3.96. The van der Waals surface area contributed by atoms with Crippen LogP contribution in [0.1, 0.15) is 29.8 Å². The summed E-state index contributed by atoms with van der Waals surface area (Å²) in [6, 6.07) is 14.0. The predicted molar refractivity (Wildman–Crippen MR) is 115 cm³/mol. The van der Waals surface area contributed by atoms with Gasteiger partial charge in [0.1, 0.15) is 0 Å². The summed E-state index contributed by atoms with van der Waals surface area (Å²) in [7, 11) is 0. The van der Waals surface area contributed by atoms with Gasteiger partial charge in [0.05, 0.1) is 10.6 Å². The van der Waals surface area contributed by atoms with Crippen molar-refractivity contribution in [1.29, 1.82) is 0 Å². The highest BCUT2D eigenvalue weighted by Gasteiger charge is 2.33.